The van der Waals surface area contributed by atoms with Crippen LogP contribution in [-0.2, 0) is 25.6 Å². The molecule has 0 radical (unpaired) electrons. The topological polar surface area (TPSA) is 179 Å². The van der Waals surface area contributed by atoms with E-state index in [0.717, 1.165) is 0 Å². The van der Waals surface area contributed by atoms with E-state index in [0.29, 0.717) is 5.69 Å². The van der Waals surface area contributed by atoms with Gasteiger partial charge in [-0.1, -0.05) is 13.8 Å². The minimum Gasteiger partial charge on any atom is -0.480 e. The number of hydrogen-bond acceptors (Lipinski definition) is 6. The minimum absolute atomic E-state index is 0.0514. The van der Waals surface area contributed by atoms with Gasteiger partial charge in [0.2, 0.25) is 17.7 Å². The van der Waals surface area contributed by atoms with Crippen LogP contribution in [0.5, 0.6) is 0 Å². The summed E-state index contributed by atoms with van der Waals surface area (Å²) in [5.41, 5.74) is 5.99. The molecule has 0 aliphatic heterocycles. The number of aromatic amines is 1. The Morgan fingerprint density at radius 3 is 2.32 bits per heavy atom. The monoisotopic (exact) mass is 396 g/mol. The molecule has 3 amide bonds. The van der Waals surface area contributed by atoms with Gasteiger partial charge in [-0.25, -0.2) is 9.78 Å². The van der Waals surface area contributed by atoms with Crippen LogP contribution >= 0.6 is 0 Å². The molecule has 3 unspecified atom stereocenters. The third-order valence-corrected chi connectivity index (χ3v) is 3.79. The number of carboxylic acids is 1. The number of amides is 3. The predicted molar refractivity (Wildman–Crippen MR) is 99.9 cm³/mol. The quantitative estimate of drug-likeness (QED) is 0.264. The lowest BCUT2D eigenvalue weighted by Crippen LogP contribution is -2.54. The van der Waals surface area contributed by atoms with Crippen molar-refractivity contribution in [1.82, 2.24) is 25.9 Å². The molecule has 1 heterocycles. The molecule has 0 saturated heterocycles. The van der Waals surface area contributed by atoms with Crippen molar-refractivity contribution in [2.24, 2.45) is 11.7 Å². The maximum absolute atomic E-state index is 12.6. The van der Waals surface area contributed by atoms with Crippen LogP contribution in [0.2, 0.25) is 0 Å². The van der Waals surface area contributed by atoms with Gasteiger partial charge in [-0.2, -0.15) is 0 Å². The number of hydrogen-bond donors (Lipinski definition) is 6. The van der Waals surface area contributed by atoms with Crippen LogP contribution in [0.1, 0.15) is 32.9 Å². The summed E-state index contributed by atoms with van der Waals surface area (Å²) in [6, 6.07) is -2.90. The molecule has 11 heteroatoms. The highest BCUT2D eigenvalue weighted by atomic mass is 16.4. The lowest BCUT2D eigenvalue weighted by molar-refractivity contribution is -0.142. The Morgan fingerprint density at radius 2 is 1.82 bits per heavy atom. The summed E-state index contributed by atoms with van der Waals surface area (Å²) >= 11 is 0. The third kappa shape index (κ3) is 8.16. The van der Waals surface area contributed by atoms with Crippen molar-refractivity contribution < 1.29 is 24.3 Å². The number of nitrogens with zero attached hydrogens (tertiary/aromatic N) is 1. The highest BCUT2D eigenvalue weighted by Gasteiger charge is 2.27. The molecule has 0 aromatic carbocycles. The van der Waals surface area contributed by atoms with E-state index in [1.165, 1.54) is 19.4 Å². The summed E-state index contributed by atoms with van der Waals surface area (Å²) in [4.78, 5) is 54.3. The van der Waals surface area contributed by atoms with Crippen molar-refractivity contribution in [2.75, 3.05) is 6.54 Å². The van der Waals surface area contributed by atoms with Crippen molar-refractivity contribution in [2.45, 2.75) is 51.7 Å². The number of imidazole rings is 1. The van der Waals surface area contributed by atoms with Crippen LogP contribution in [-0.4, -0.2) is 63.4 Å². The number of H-pyrrole nitrogens is 1. The number of nitrogens with one attached hydrogen (secondary N) is 4. The standard InChI is InChI=1S/C17H28N6O5/c1-9(2)4-13(17(27)28)23-16(26)12(5-11-6-19-8-21-11)22-14(24)7-20-15(25)10(3)18/h6,8-10,12-13H,4-5,7,18H2,1-3H3,(H,19,21)(H,20,25)(H,22,24)(H,23,26)(H,27,28). The number of carbonyl (C=O) groups is 4. The highest BCUT2D eigenvalue weighted by molar-refractivity contribution is 5.92. The average molecular weight is 396 g/mol. The van der Waals surface area contributed by atoms with Crippen LogP contribution in [0.3, 0.4) is 0 Å². The van der Waals surface area contributed by atoms with Crippen LogP contribution in [0.4, 0.5) is 0 Å². The first-order valence-electron chi connectivity index (χ1n) is 8.93. The smallest absolute Gasteiger partial charge is 0.326 e. The first-order valence-corrected chi connectivity index (χ1v) is 8.93. The van der Waals surface area contributed by atoms with E-state index in [9.17, 15) is 24.3 Å². The van der Waals surface area contributed by atoms with Gasteiger partial charge in [0.1, 0.15) is 12.1 Å². The van der Waals surface area contributed by atoms with E-state index < -0.39 is 41.8 Å². The summed E-state index contributed by atoms with van der Waals surface area (Å²) in [5, 5.41) is 16.6. The Kier molecular flexibility index (Phi) is 9.09. The number of aromatic nitrogens is 2. The van der Waals surface area contributed by atoms with Gasteiger partial charge in [-0.05, 0) is 19.3 Å². The fraction of sp³-hybridized carbons (Fsp3) is 0.588. The van der Waals surface area contributed by atoms with Crippen molar-refractivity contribution >= 4 is 23.7 Å². The van der Waals surface area contributed by atoms with E-state index in [2.05, 4.69) is 25.9 Å². The second-order valence-electron chi connectivity index (χ2n) is 6.94. The zero-order chi connectivity index (χ0) is 21.3. The van der Waals surface area contributed by atoms with Gasteiger partial charge in [0, 0.05) is 18.3 Å². The van der Waals surface area contributed by atoms with E-state index in [-0.39, 0.29) is 25.3 Å². The lowest BCUT2D eigenvalue weighted by atomic mass is 10.0. The Labute approximate surface area is 162 Å². The molecule has 156 valence electrons. The Morgan fingerprint density at radius 1 is 1.14 bits per heavy atom. The molecule has 1 aromatic heterocycles. The zero-order valence-electron chi connectivity index (χ0n) is 16.2. The Bertz CT molecular complexity index is 674. The third-order valence-electron chi connectivity index (χ3n) is 3.79. The van der Waals surface area contributed by atoms with E-state index in [1.807, 2.05) is 13.8 Å². The Hall–Kier alpha value is -2.95. The van der Waals surface area contributed by atoms with Crippen molar-refractivity contribution in [3.8, 4) is 0 Å². The van der Waals surface area contributed by atoms with Crippen molar-refractivity contribution in [3.63, 3.8) is 0 Å². The molecule has 3 atom stereocenters. The van der Waals surface area contributed by atoms with Gasteiger partial charge in [0.15, 0.2) is 0 Å². The summed E-state index contributed by atoms with van der Waals surface area (Å²) in [5.74, 6) is -2.86. The minimum atomic E-state index is -1.15. The van der Waals surface area contributed by atoms with Crippen LogP contribution in [0.15, 0.2) is 12.5 Å². The normalized spacial score (nSPS) is 14.0. The maximum Gasteiger partial charge on any atom is 0.326 e. The molecule has 0 aliphatic carbocycles. The molecule has 7 N–H and O–H groups in total. The predicted octanol–water partition coefficient (Wildman–Crippen LogP) is -1.48. The summed E-state index contributed by atoms with van der Waals surface area (Å²) in [6.45, 7) is 4.80. The first-order chi connectivity index (χ1) is 13.1. The molecule has 1 rings (SSSR count). The first kappa shape index (κ1) is 23.1. The van der Waals surface area contributed by atoms with Gasteiger partial charge >= 0.3 is 5.97 Å². The average Bonchev–Trinajstić information content (AvgIpc) is 3.10. The van der Waals surface area contributed by atoms with Crippen LogP contribution in [0, 0.1) is 5.92 Å². The largest absolute Gasteiger partial charge is 0.480 e. The number of rotatable bonds is 11. The lowest BCUT2D eigenvalue weighted by Gasteiger charge is -2.22. The fourth-order valence-electron chi connectivity index (χ4n) is 2.36. The van der Waals surface area contributed by atoms with Gasteiger partial charge in [0.25, 0.3) is 0 Å². The fourth-order valence-corrected chi connectivity index (χ4v) is 2.36. The summed E-state index contributed by atoms with van der Waals surface area (Å²) < 4.78 is 0. The highest BCUT2D eigenvalue weighted by Crippen LogP contribution is 2.06. The van der Waals surface area contributed by atoms with Crippen LogP contribution in [0.25, 0.3) is 0 Å². The summed E-state index contributed by atoms with van der Waals surface area (Å²) in [7, 11) is 0. The zero-order valence-corrected chi connectivity index (χ0v) is 16.2. The van der Waals surface area contributed by atoms with Gasteiger partial charge in [-0.3, -0.25) is 14.4 Å². The molecule has 11 nitrogen and oxygen atoms in total. The SMILES string of the molecule is CC(C)CC(NC(=O)C(Cc1cnc[nH]1)NC(=O)CNC(=O)C(C)N)C(=O)O. The van der Waals surface area contributed by atoms with Crippen molar-refractivity contribution in [3.05, 3.63) is 18.2 Å². The van der Waals surface area contributed by atoms with E-state index in [1.54, 1.807) is 0 Å². The molecular weight excluding hydrogens is 368 g/mol. The van der Waals surface area contributed by atoms with E-state index >= 15 is 0 Å². The number of carboxylic acid groups (broad SMARTS) is 1. The number of aliphatic carboxylic acids is 1. The van der Waals surface area contributed by atoms with Gasteiger partial charge < -0.3 is 31.8 Å². The molecule has 0 bridgehead atoms. The molecule has 28 heavy (non-hydrogen) atoms. The number of carbonyl (C=O) groups excluding carboxylic acids is 3. The molecule has 0 spiro atoms. The summed E-state index contributed by atoms with van der Waals surface area (Å²) in [6.07, 6.45) is 3.24. The van der Waals surface area contributed by atoms with Crippen LogP contribution < -0.4 is 21.7 Å². The second kappa shape index (κ2) is 11.0. The molecule has 0 aliphatic rings. The molecule has 0 fully saturated rings. The maximum atomic E-state index is 12.6. The van der Waals surface area contributed by atoms with E-state index in [4.69, 9.17) is 5.73 Å². The molecule has 0 saturated carbocycles. The number of nitrogens with two attached hydrogens (primary N) is 1. The molecular formula is C17H28N6O5. The molecule has 1 aromatic rings. The second-order valence-corrected chi connectivity index (χ2v) is 6.94. The van der Waals surface area contributed by atoms with Gasteiger partial charge in [0.05, 0.1) is 18.9 Å². The van der Waals surface area contributed by atoms with Crippen molar-refractivity contribution in [1.29, 1.82) is 0 Å². The Balaban J connectivity index is 2.80. The van der Waals surface area contributed by atoms with Gasteiger partial charge in [-0.15, -0.1) is 0 Å².